The molecule has 1 aromatic rings. The number of halogens is 1. The summed E-state index contributed by atoms with van der Waals surface area (Å²) in [4.78, 5) is 11.6. The molecule has 1 fully saturated rings. The second-order valence-corrected chi connectivity index (χ2v) is 4.25. The molecule has 0 radical (unpaired) electrons. The number of rotatable bonds is 1. The van der Waals surface area contributed by atoms with Crippen LogP contribution in [0.1, 0.15) is 37.2 Å². The van der Waals surface area contributed by atoms with Gasteiger partial charge in [0.2, 0.25) is 0 Å². The fourth-order valence-electron chi connectivity index (χ4n) is 2.03. The molecule has 0 amide bonds. The Hall–Kier alpha value is -0.820. The summed E-state index contributed by atoms with van der Waals surface area (Å²) in [6.07, 6.45) is 3.97. The number of carbonyl (C=O) groups is 1. The molecule has 0 N–H and O–H groups in total. The van der Waals surface area contributed by atoms with Gasteiger partial charge in [-0.3, -0.25) is 4.79 Å². The zero-order valence-corrected chi connectivity index (χ0v) is 8.76. The van der Waals surface area contributed by atoms with Gasteiger partial charge in [0.05, 0.1) is 0 Å². The fraction of sp³-hybridized carbons (Fsp3) is 0.417. The topological polar surface area (TPSA) is 17.1 Å². The third-order valence-electron chi connectivity index (χ3n) is 2.83. The Labute approximate surface area is 89.1 Å². The summed E-state index contributed by atoms with van der Waals surface area (Å²) in [6, 6.07) is 7.66. The maximum Gasteiger partial charge on any atom is 0.140 e. The average molecular weight is 209 g/mol. The van der Waals surface area contributed by atoms with Crippen molar-refractivity contribution in [3.8, 4) is 0 Å². The van der Waals surface area contributed by atoms with E-state index in [-0.39, 0.29) is 5.92 Å². The van der Waals surface area contributed by atoms with Gasteiger partial charge >= 0.3 is 0 Å². The van der Waals surface area contributed by atoms with E-state index in [2.05, 4.69) is 0 Å². The van der Waals surface area contributed by atoms with Crippen molar-refractivity contribution in [2.75, 3.05) is 0 Å². The number of benzene rings is 1. The highest BCUT2D eigenvalue weighted by atomic mass is 35.5. The van der Waals surface area contributed by atoms with Crippen LogP contribution in [0.5, 0.6) is 0 Å². The highest BCUT2D eigenvalue weighted by Crippen LogP contribution is 2.30. The highest BCUT2D eigenvalue weighted by Gasteiger charge is 2.23. The molecule has 2 rings (SSSR count). The minimum atomic E-state index is 0.126. The number of hydrogen-bond donors (Lipinski definition) is 0. The molecule has 1 atom stereocenters. The predicted molar refractivity (Wildman–Crippen MR) is 57.7 cm³/mol. The molecule has 1 aliphatic carbocycles. The van der Waals surface area contributed by atoms with Gasteiger partial charge in [-0.15, -0.1) is 0 Å². The summed E-state index contributed by atoms with van der Waals surface area (Å²) in [7, 11) is 0. The lowest BCUT2D eigenvalue weighted by Gasteiger charge is -2.20. The molecule has 1 saturated carbocycles. The van der Waals surface area contributed by atoms with Crippen LogP contribution in [0.4, 0.5) is 0 Å². The SMILES string of the molecule is O=C1CCCC[C@H]1c1ccc(Cl)cc1. The molecule has 0 spiro atoms. The van der Waals surface area contributed by atoms with Crippen LogP contribution in [-0.4, -0.2) is 5.78 Å². The number of hydrogen-bond acceptors (Lipinski definition) is 1. The van der Waals surface area contributed by atoms with E-state index in [1.807, 2.05) is 24.3 Å². The Bertz CT molecular complexity index is 329. The maximum absolute atomic E-state index is 11.6. The monoisotopic (exact) mass is 208 g/mol. The summed E-state index contributed by atoms with van der Waals surface area (Å²) in [6.45, 7) is 0. The predicted octanol–water partition coefficient (Wildman–Crippen LogP) is 3.57. The van der Waals surface area contributed by atoms with Crippen LogP contribution < -0.4 is 0 Å². The van der Waals surface area contributed by atoms with Gasteiger partial charge in [-0.2, -0.15) is 0 Å². The first-order valence-corrected chi connectivity index (χ1v) is 5.43. The van der Waals surface area contributed by atoms with E-state index in [4.69, 9.17) is 11.6 Å². The number of ketones is 1. The van der Waals surface area contributed by atoms with Crippen LogP contribution in [0.2, 0.25) is 5.02 Å². The lowest BCUT2D eigenvalue weighted by Crippen LogP contribution is -2.16. The smallest absolute Gasteiger partial charge is 0.140 e. The van der Waals surface area contributed by atoms with E-state index >= 15 is 0 Å². The molecular weight excluding hydrogens is 196 g/mol. The summed E-state index contributed by atoms with van der Waals surface area (Å²) in [5.74, 6) is 0.514. The minimum absolute atomic E-state index is 0.126. The van der Waals surface area contributed by atoms with Gasteiger partial charge in [0.25, 0.3) is 0 Å². The van der Waals surface area contributed by atoms with Gasteiger partial charge in [-0.1, -0.05) is 30.2 Å². The molecule has 1 aromatic carbocycles. The van der Waals surface area contributed by atoms with E-state index in [0.717, 1.165) is 29.8 Å². The molecule has 1 nitrogen and oxygen atoms in total. The molecule has 74 valence electrons. The van der Waals surface area contributed by atoms with Crippen molar-refractivity contribution in [2.45, 2.75) is 31.6 Å². The van der Waals surface area contributed by atoms with Crippen molar-refractivity contribution in [1.29, 1.82) is 0 Å². The first-order valence-electron chi connectivity index (χ1n) is 5.05. The molecule has 2 heteroatoms. The standard InChI is InChI=1S/C12H13ClO/c13-10-7-5-9(6-8-10)11-3-1-2-4-12(11)14/h5-8,11H,1-4H2/t11-/m0/s1. The second-order valence-electron chi connectivity index (χ2n) is 3.82. The van der Waals surface area contributed by atoms with E-state index in [0.29, 0.717) is 5.78 Å². The molecule has 0 bridgehead atoms. The lowest BCUT2D eigenvalue weighted by atomic mass is 9.83. The van der Waals surface area contributed by atoms with Crippen LogP contribution in [0.15, 0.2) is 24.3 Å². The molecule has 0 saturated heterocycles. The Morgan fingerprint density at radius 3 is 2.50 bits per heavy atom. The van der Waals surface area contributed by atoms with Crippen LogP contribution in [-0.2, 0) is 4.79 Å². The van der Waals surface area contributed by atoms with E-state index in [1.165, 1.54) is 6.42 Å². The summed E-state index contributed by atoms with van der Waals surface area (Å²) in [5.41, 5.74) is 1.12. The second kappa shape index (κ2) is 4.14. The summed E-state index contributed by atoms with van der Waals surface area (Å²) >= 11 is 5.80. The Morgan fingerprint density at radius 2 is 1.86 bits per heavy atom. The van der Waals surface area contributed by atoms with Gasteiger partial charge in [0, 0.05) is 17.4 Å². The van der Waals surface area contributed by atoms with Crippen molar-refractivity contribution in [3.63, 3.8) is 0 Å². The summed E-state index contributed by atoms with van der Waals surface area (Å²) < 4.78 is 0. The van der Waals surface area contributed by atoms with Gasteiger partial charge < -0.3 is 0 Å². The Balaban J connectivity index is 2.20. The normalized spacial score (nSPS) is 22.4. The third-order valence-corrected chi connectivity index (χ3v) is 3.08. The lowest BCUT2D eigenvalue weighted by molar-refractivity contribution is -0.121. The molecule has 14 heavy (non-hydrogen) atoms. The van der Waals surface area contributed by atoms with Crippen LogP contribution in [0.25, 0.3) is 0 Å². The number of Topliss-reactive ketones (excluding diaryl/α,β-unsaturated/α-hetero) is 1. The van der Waals surface area contributed by atoms with Gasteiger partial charge in [0.1, 0.15) is 5.78 Å². The largest absolute Gasteiger partial charge is 0.299 e. The van der Waals surface area contributed by atoms with E-state index < -0.39 is 0 Å². The number of carbonyl (C=O) groups excluding carboxylic acids is 1. The van der Waals surface area contributed by atoms with Crippen molar-refractivity contribution < 1.29 is 4.79 Å². The van der Waals surface area contributed by atoms with Crippen molar-refractivity contribution in [3.05, 3.63) is 34.9 Å². The van der Waals surface area contributed by atoms with Crippen LogP contribution in [0, 0.1) is 0 Å². The average Bonchev–Trinajstić information content (AvgIpc) is 2.20. The molecular formula is C12H13ClO. The zero-order chi connectivity index (χ0) is 9.97. The highest BCUT2D eigenvalue weighted by molar-refractivity contribution is 6.30. The van der Waals surface area contributed by atoms with Gasteiger partial charge in [-0.25, -0.2) is 0 Å². The van der Waals surface area contributed by atoms with E-state index in [9.17, 15) is 4.79 Å². The zero-order valence-electron chi connectivity index (χ0n) is 8.00. The molecule has 0 aliphatic heterocycles. The van der Waals surface area contributed by atoms with Gasteiger partial charge in [0.15, 0.2) is 0 Å². The van der Waals surface area contributed by atoms with Crippen LogP contribution >= 0.6 is 11.6 Å². The third kappa shape index (κ3) is 1.98. The van der Waals surface area contributed by atoms with Crippen LogP contribution in [0.3, 0.4) is 0 Å². The summed E-state index contributed by atoms with van der Waals surface area (Å²) in [5, 5.41) is 0.733. The van der Waals surface area contributed by atoms with Crippen molar-refractivity contribution >= 4 is 17.4 Å². The fourth-order valence-corrected chi connectivity index (χ4v) is 2.16. The molecule has 0 unspecified atom stereocenters. The quantitative estimate of drug-likeness (QED) is 0.690. The maximum atomic E-state index is 11.6. The van der Waals surface area contributed by atoms with Gasteiger partial charge in [-0.05, 0) is 30.5 Å². The first kappa shape index (κ1) is 9.72. The minimum Gasteiger partial charge on any atom is -0.299 e. The molecule has 0 aromatic heterocycles. The first-order chi connectivity index (χ1) is 6.77. The van der Waals surface area contributed by atoms with E-state index in [1.54, 1.807) is 0 Å². The molecule has 1 aliphatic rings. The Kier molecular flexibility index (Phi) is 2.87. The Morgan fingerprint density at radius 1 is 1.14 bits per heavy atom. The van der Waals surface area contributed by atoms with Crippen molar-refractivity contribution in [2.24, 2.45) is 0 Å². The van der Waals surface area contributed by atoms with Crippen molar-refractivity contribution in [1.82, 2.24) is 0 Å². The molecule has 0 heterocycles.